The van der Waals surface area contributed by atoms with E-state index in [0.717, 1.165) is 56.1 Å². The van der Waals surface area contributed by atoms with E-state index < -0.39 is 0 Å². The molecule has 2 aliphatic heterocycles. The molecule has 3 heteroatoms. The Morgan fingerprint density at radius 1 is 1.14 bits per heavy atom. The molecule has 5 unspecified atom stereocenters. The van der Waals surface area contributed by atoms with Crippen LogP contribution in [0, 0.1) is 23.7 Å². The van der Waals surface area contributed by atoms with Crippen molar-refractivity contribution in [1.82, 2.24) is 10.2 Å². The molecule has 124 valence electrons. The Kier molecular flexibility index (Phi) is 4.43. The van der Waals surface area contributed by atoms with Crippen LogP contribution in [-0.4, -0.2) is 36.5 Å². The highest BCUT2D eigenvalue weighted by atomic mass is 16.2. The summed E-state index contributed by atoms with van der Waals surface area (Å²) in [5.74, 6) is 4.19. The largest absolute Gasteiger partial charge is 0.340 e. The van der Waals surface area contributed by atoms with E-state index in [1.165, 1.54) is 51.4 Å². The molecule has 0 aromatic carbocycles. The number of fused-ring (bicyclic) bond motifs is 2. The number of amides is 1. The zero-order chi connectivity index (χ0) is 14.9. The average molecular weight is 304 g/mol. The Morgan fingerprint density at radius 3 is 2.82 bits per heavy atom. The third-order valence-electron chi connectivity index (χ3n) is 7.09. The number of likely N-dealkylation sites (tertiary alicyclic amines) is 1. The van der Waals surface area contributed by atoms with Crippen LogP contribution in [0.1, 0.15) is 64.2 Å². The minimum Gasteiger partial charge on any atom is -0.340 e. The second kappa shape index (κ2) is 6.51. The quantitative estimate of drug-likeness (QED) is 0.846. The zero-order valence-electron chi connectivity index (χ0n) is 13.9. The molecule has 1 amide bonds. The van der Waals surface area contributed by atoms with Crippen molar-refractivity contribution in [2.24, 2.45) is 23.7 Å². The maximum Gasteiger partial charge on any atom is 0.222 e. The number of hydrogen-bond donors (Lipinski definition) is 1. The van der Waals surface area contributed by atoms with Crippen molar-refractivity contribution in [2.45, 2.75) is 70.3 Å². The van der Waals surface area contributed by atoms with E-state index in [9.17, 15) is 4.79 Å². The van der Waals surface area contributed by atoms with Crippen LogP contribution in [0.5, 0.6) is 0 Å². The molecule has 4 aliphatic rings. The van der Waals surface area contributed by atoms with E-state index in [2.05, 4.69) is 10.2 Å². The first-order valence-corrected chi connectivity index (χ1v) is 9.80. The predicted molar refractivity (Wildman–Crippen MR) is 88.5 cm³/mol. The highest BCUT2D eigenvalue weighted by molar-refractivity contribution is 5.76. The van der Waals surface area contributed by atoms with Crippen molar-refractivity contribution in [2.75, 3.05) is 19.6 Å². The van der Waals surface area contributed by atoms with E-state index in [1.807, 2.05) is 0 Å². The first kappa shape index (κ1) is 15.0. The summed E-state index contributed by atoms with van der Waals surface area (Å²) in [7, 11) is 0. The first-order valence-electron chi connectivity index (χ1n) is 9.80. The number of hydrogen-bond acceptors (Lipinski definition) is 2. The summed E-state index contributed by atoms with van der Waals surface area (Å²) < 4.78 is 0. The molecular weight excluding hydrogens is 272 g/mol. The molecular formula is C19H32N2O. The highest BCUT2D eigenvalue weighted by Crippen LogP contribution is 2.50. The number of carbonyl (C=O) groups excluding carboxylic acids is 1. The molecule has 2 saturated carbocycles. The Morgan fingerprint density at radius 2 is 2.09 bits per heavy atom. The lowest BCUT2D eigenvalue weighted by Gasteiger charge is -2.30. The number of nitrogens with one attached hydrogen (secondary N) is 1. The van der Waals surface area contributed by atoms with Crippen molar-refractivity contribution in [3.05, 3.63) is 0 Å². The van der Waals surface area contributed by atoms with E-state index in [4.69, 9.17) is 0 Å². The lowest BCUT2D eigenvalue weighted by molar-refractivity contribution is -0.132. The third kappa shape index (κ3) is 3.06. The molecule has 5 atom stereocenters. The van der Waals surface area contributed by atoms with Gasteiger partial charge >= 0.3 is 0 Å². The monoisotopic (exact) mass is 304 g/mol. The zero-order valence-corrected chi connectivity index (χ0v) is 13.9. The minimum atomic E-state index is 0.456. The van der Waals surface area contributed by atoms with Gasteiger partial charge in [0.2, 0.25) is 5.91 Å². The van der Waals surface area contributed by atoms with Crippen molar-refractivity contribution in [1.29, 1.82) is 0 Å². The van der Waals surface area contributed by atoms with E-state index in [1.54, 1.807) is 0 Å². The minimum absolute atomic E-state index is 0.456. The van der Waals surface area contributed by atoms with Crippen LogP contribution in [0.25, 0.3) is 0 Å². The van der Waals surface area contributed by atoms with Crippen LogP contribution in [-0.2, 0) is 4.79 Å². The van der Waals surface area contributed by atoms with Crippen LogP contribution < -0.4 is 5.32 Å². The topological polar surface area (TPSA) is 32.3 Å². The number of rotatable bonds is 5. The summed E-state index contributed by atoms with van der Waals surface area (Å²) in [4.78, 5) is 14.9. The van der Waals surface area contributed by atoms with Gasteiger partial charge in [0.25, 0.3) is 0 Å². The van der Waals surface area contributed by atoms with Gasteiger partial charge < -0.3 is 10.2 Å². The van der Waals surface area contributed by atoms with Crippen LogP contribution in [0.4, 0.5) is 0 Å². The fourth-order valence-corrected chi connectivity index (χ4v) is 5.86. The van der Waals surface area contributed by atoms with Crippen molar-refractivity contribution >= 4 is 5.91 Å². The van der Waals surface area contributed by atoms with E-state index in [-0.39, 0.29) is 0 Å². The van der Waals surface area contributed by atoms with Gasteiger partial charge in [-0.05, 0) is 88.1 Å². The number of nitrogens with zero attached hydrogens (tertiary/aromatic N) is 1. The molecule has 2 saturated heterocycles. The van der Waals surface area contributed by atoms with E-state index in [0.29, 0.717) is 11.9 Å². The van der Waals surface area contributed by atoms with Gasteiger partial charge in [-0.3, -0.25) is 4.79 Å². The summed E-state index contributed by atoms with van der Waals surface area (Å²) >= 11 is 0. The molecule has 0 aromatic heterocycles. The molecule has 2 heterocycles. The molecule has 0 radical (unpaired) electrons. The molecule has 0 aromatic rings. The predicted octanol–water partition coefficient (Wildman–Crippen LogP) is 3.19. The van der Waals surface area contributed by atoms with Gasteiger partial charge in [-0.1, -0.05) is 6.42 Å². The van der Waals surface area contributed by atoms with Crippen LogP contribution in [0.3, 0.4) is 0 Å². The second-order valence-electron chi connectivity index (χ2n) is 8.45. The molecule has 3 nitrogen and oxygen atoms in total. The lowest BCUT2D eigenvalue weighted by Crippen LogP contribution is -2.37. The molecule has 22 heavy (non-hydrogen) atoms. The van der Waals surface area contributed by atoms with Gasteiger partial charge in [-0.2, -0.15) is 0 Å². The van der Waals surface area contributed by atoms with Crippen molar-refractivity contribution in [3.63, 3.8) is 0 Å². The van der Waals surface area contributed by atoms with Gasteiger partial charge in [0.15, 0.2) is 0 Å². The molecule has 2 aliphatic carbocycles. The number of carbonyl (C=O) groups is 1. The smallest absolute Gasteiger partial charge is 0.222 e. The fraction of sp³-hybridized carbons (Fsp3) is 0.947. The normalized spacial score (nSPS) is 40.7. The van der Waals surface area contributed by atoms with Crippen molar-refractivity contribution < 1.29 is 4.79 Å². The average Bonchev–Trinajstić information content (AvgIpc) is 3.29. The van der Waals surface area contributed by atoms with Gasteiger partial charge in [-0.15, -0.1) is 0 Å². The maximum atomic E-state index is 12.7. The van der Waals surface area contributed by atoms with Crippen LogP contribution in [0.2, 0.25) is 0 Å². The SMILES string of the molecule is O=C(CCC1CCNC1)N1CCCC1CC1CC2CCC1C2. The van der Waals surface area contributed by atoms with Gasteiger partial charge in [0.05, 0.1) is 0 Å². The molecule has 2 bridgehead atoms. The standard InChI is InChI=1S/C19H32N2O/c22-19(6-4-14-7-8-20-13-14)21-9-1-2-18(21)12-17-11-15-3-5-16(17)10-15/h14-18,20H,1-13H2. The third-order valence-corrected chi connectivity index (χ3v) is 7.09. The Balaban J connectivity index is 1.27. The maximum absolute atomic E-state index is 12.7. The Labute approximate surface area is 135 Å². The van der Waals surface area contributed by atoms with E-state index >= 15 is 0 Å². The van der Waals surface area contributed by atoms with Gasteiger partial charge in [0.1, 0.15) is 0 Å². The summed E-state index contributed by atoms with van der Waals surface area (Å²) in [6.07, 6.45) is 12.9. The Bertz CT molecular complexity index is 404. The summed E-state index contributed by atoms with van der Waals surface area (Å²) in [5, 5.41) is 3.41. The molecule has 1 N–H and O–H groups in total. The van der Waals surface area contributed by atoms with Crippen LogP contribution in [0.15, 0.2) is 0 Å². The molecule has 4 rings (SSSR count). The summed E-state index contributed by atoms with van der Waals surface area (Å²) in [6, 6.07) is 0.582. The summed E-state index contributed by atoms with van der Waals surface area (Å²) in [5.41, 5.74) is 0. The lowest BCUT2D eigenvalue weighted by atomic mass is 9.83. The first-order chi connectivity index (χ1) is 10.8. The van der Waals surface area contributed by atoms with Crippen LogP contribution >= 0.6 is 0 Å². The molecule has 0 spiro atoms. The molecule has 4 fully saturated rings. The van der Waals surface area contributed by atoms with Gasteiger partial charge in [0, 0.05) is 19.0 Å². The fourth-order valence-electron chi connectivity index (χ4n) is 5.86. The van der Waals surface area contributed by atoms with Crippen molar-refractivity contribution in [3.8, 4) is 0 Å². The van der Waals surface area contributed by atoms with Gasteiger partial charge in [-0.25, -0.2) is 0 Å². The highest BCUT2D eigenvalue weighted by Gasteiger charge is 2.42. The second-order valence-corrected chi connectivity index (χ2v) is 8.45. The Hall–Kier alpha value is -0.570. The summed E-state index contributed by atoms with van der Waals surface area (Å²) in [6.45, 7) is 3.31.